The summed E-state index contributed by atoms with van der Waals surface area (Å²) >= 11 is 5.18. The van der Waals surface area contributed by atoms with Gasteiger partial charge in [-0.2, -0.15) is 0 Å². The summed E-state index contributed by atoms with van der Waals surface area (Å²) in [6.07, 6.45) is 0.865. The predicted molar refractivity (Wildman–Crippen MR) is 74.6 cm³/mol. The van der Waals surface area contributed by atoms with Crippen LogP contribution in [0.1, 0.15) is 51.9 Å². The first kappa shape index (κ1) is 13.0. The third-order valence-electron chi connectivity index (χ3n) is 3.18. The Hall–Kier alpha value is -1.43. The summed E-state index contributed by atoms with van der Waals surface area (Å²) in [7, 11) is 0. The summed E-state index contributed by atoms with van der Waals surface area (Å²) in [6, 6.07) is 0.0927. The molecule has 0 saturated carbocycles. The Bertz CT molecular complexity index is 679. The minimum atomic E-state index is -0.191. The SMILES string of the molecule is CCC(C)n1c(=O)[nH]c(=S)c2[nH]c(C(C)C)nc21. The Morgan fingerprint density at radius 2 is 2.00 bits per heavy atom. The monoisotopic (exact) mass is 266 g/mol. The van der Waals surface area contributed by atoms with Gasteiger partial charge in [0.05, 0.1) is 0 Å². The largest absolute Gasteiger partial charge is 0.338 e. The zero-order chi connectivity index (χ0) is 13.4. The first-order chi connectivity index (χ1) is 8.45. The second kappa shape index (κ2) is 4.68. The lowest BCUT2D eigenvalue weighted by molar-refractivity contribution is 0.518. The van der Waals surface area contributed by atoms with Crippen molar-refractivity contribution in [2.24, 2.45) is 0 Å². The molecule has 0 bridgehead atoms. The molecule has 5 nitrogen and oxygen atoms in total. The van der Waals surface area contributed by atoms with Crippen molar-refractivity contribution >= 4 is 23.4 Å². The highest BCUT2D eigenvalue weighted by molar-refractivity contribution is 7.71. The standard InChI is InChI=1S/C12H18N4OS/c1-5-7(4)16-10-8(11(18)15-12(16)17)13-9(14-10)6(2)3/h6-7H,5H2,1-4H3,(H,13,14)(H,15,17,18). The fraction of sp³-hybridized carbons (Fsp3) is 0.583. The summed E-state index contributed by atoms with van der Waals surface area (Å²) in [5.74, 6) is 1.12. The maximum Gasteiger partial charge on any atom is 0.328 e. The van der Waals surface area contributed by atoms with Gasteiger partial charge in [0.1, 0.15) is 16.0 Å². The average Bonchev–Trinajstić information content (AvgIpc) is 2.73. The van der Waals surface area contributed by atoms with Crippen LogP contribution in [0.15, 0.2) is 4.79 Å². The minimum Gasteiger partial charge on any atom is -0.338 e. The Kier molecular flexibility index (Phi) is 3.38. The highest BCUT2D eigenvalue weighted by atomic mass is 32.1. The molecule has 0 saturated heterocycles. The zero-order valence-corrected chi connectivity index (χ0v) is 11.9. The Labute approximate surface area is 110 Å². The fourth-order valence-corrected chi connectivity index (χ4v) is 2.13. The van der Waals surface area contributed by atoms with Gasteiger partial charge < -0.3 is 4.98 Å². The third-order valence-corrected chi connectivity index (χ3v) is 3.48. The Balaban J connectivity index is 2.85. The van der Waals surface area contributed by atoms with Crippen molar-refractivity contribution in [1.82, 2.24) is 19.5 Å². The maximum absolute atomic E-state index is 12.0. The quantitative estimate of drug-likeness (QED) is 0.839. The van der Waals surface area contributed by atoms with E-state index in [4.69, 9.17) is 12.2 Å². The molecule has 0 amide bonds. The molecule has 2 rings (SSSR count). The van der Waals surface area contributed by atoms with Gasteiger partial charge in [-0.1, -0.05) is 33.0 Å². The molecule has 0 aromatic carbocycles. The smallest absolute Gasteiger partial charge is 0.328 e. The molecule has 0 spiro atoms. The minimum absolute atomic E-state index is 0.0927. The molecular formula is C12H18N4OS. The lowest BCUT2D eigenvalue weighted by Gasteiger charge is -2.12. The zero-order valence-electron chi connectivity index (χ0n) is 11.1. The summed E-state index contributed by atoms with van der Waals surface area (Å²) in [5, 5.41) is 0. The van der Waals surface area contributed by atoms with Gasteiger partial charge >= 0.3 is 5.69 Å². The Morgan fingerprint density at radius 3 is 2.56 bits per heavy atom. The molecule has 0 fully saturated rings. The molecule has 0 radical (unpaired) electrons. The van der Waals surface area contributed by atoms with Crippen molar-refractivity contribution in [3.63, 3.8) is 0 Å². The van der Waals surface area contributed by atoms with Gasteiger partial charge in [0.25, 0.3) is 0 Å². The lowest BCUT2D eigenvalue weighted by Crippen LogP contribution is -2.26. The van der Waals surface area contributed by atoms with E-state index in [0.29, 0.717) is 10.3 Å². The fourth-order valence-electron chi connectivity index (χ4n) is 1.90. The molecule has 0 aliphatic rings. The topological polar surface area (TPSA) is 66.5 Å². The summed E-state index contributed by atoms with van der Waals surface area (Å²) in [5.41, 5.74) is 1.21. The summed E-state index contributed by atoms with van der Waals surface area (Å²) < 4.78 is 2.10. The average molecular weight is 266 g/mol. The number of nitrogens with one attached hydrogen (secondary N) is 2. The van der Waals surface area contributed by atoms with Gasteiger partial charge in [-0.3, -0.25) is 9.55 Å². The molecule has 2 heterocycles. The van der Waals surface area contributed by atoms with Gasteiger partial charge in [-0.25, -0.2) is 9.78 Å². The number of hydrogen-bond donors (Lipinski definition) is 2. The Morgan fingerprint density at radius 1 is 1.33 bits per heavy atom. The van der Waals surface area contributed by atoms with Crippen LogP contribution in [0, 0.1) is 4.64 Å². The van der Waals surface area contributed by atoms with Gasteiger partial charge in [0.2, 0.25) is 0 Å². The molecule has 98 valence electrons. The van der Waals surface area contributed by atoms with Crippen LogP contribution in [0.5, 0.6) is 0 Å². The highest BCUT2D eigenvalue weighted by Crippen LogP contribution is 2.19. The third kappa shape index (κ3) is 2.01. The number of fused-ring (bicyclic) bond motifs is 1. The van der Waals surface area contributed by atoms with Crippen LogP contribution in [-0.4, -0.2) is 19.5 Å². The first-order valence-electron chi connectivity index (χ1n) is 6.20. The number of rotatable bonds is 3. The van der Waals surface area contributed by atoms with Crippen molar-refractivity contribution in [2.75, 3.05) is 0 Å². The van der Waals surface area contributed by atoms with Crippen LogP contribution < -0.4 is 5.69 Å². The van der Waals surface area contributed by atoms with Gasteiger partial charge in [-0.05, 0) is 13.3 Å². The van der Waals surface area contributed by atoms with Crippen LogP contribution in [0.3, 0.4) is 0 Å². The second-order valence-electron chi connectivity index (χ2n) is 4.86. The van der Waals surface area contributed by atoms with Crippen molar-refractivity contribution in [3.8, 4) is 0 Å². The molecule has 0 aliphatic carbocycles. The van der Waals surface area contributed by atoms with Crippen LogP contribution in [-0.2, 0) is 0 Å². The number of imidazole rings is 1. The summed E-state index contributed by atoms with van der Waals surface area (Å²) in [4.78, 5) is 22.4. The van der Waals surface area contributed by atoms with Gasteiger partial charge in [0.15, 0.2) is 5.65 Å². The number of aromatic amines is 2. The molecule has 18 heavy (non-hydrogen) atoms. The molecule has 1 unspecified atom stereocenters. The van der Waals surface area contributed by atoms with E-state index in [1.807, 2.05) is 13.8 Å². The molecule has 6 heteroatoms. The van der Waals surface area contributed by atoms with Crippen molar-refractivity contribution in [3.05, 3.63) is 20.9 Å². The number of H-pyrrole nitrogens is 2. The van der Waals surface area contributed by atoms with Crippen LogP contribution in [0.2, 0.25) is 0 Å². The van der Waals surface area contributed by atoms with Gasteiger partial charge in [-0.15, -0.1) is 0 Å². The second-order valence-corrected chi connectivity index (χ2v) is 5.27. The van der Waals surface area contributed by atoms with Crippen molar-refractivity contribution in [1.29, 1.82) is 0 Å². The van der Waals surface area contributed by atoms with E-state index in [2.05, 4.69) is 28.8 Å². The molecule has 2 aromatic heterocycles. The molecule has 2 N–H and O–H groups in total. The van der Waals surface area contributed by atoms with E-state index >= 15 is 0 Å². The molecule has 1 atom stereocenters. The molecule has 2 aromatic rings. The van der Waals surface area contributed by atoms with E-state index in [9.17, 15) is 4.79 Å². The van der Waals surface area contributed by atoms with Crippen molar-refractivity contribution < 1.29 is 0 Å². The normalized spacial score (nSPS) is 13.4. The summed E-state index contributed by atoms with van der Waals surface area (Å²) in [6.45, 7) is 8.15. The van der Waals surface area contributed by atoms with E-state index in [1.54, 1.807) is 4.57 Å². The van der Waals surface area contributed by atoms with Crippen LogP contribution >= 0.6 is 12.2 Å². The molecule has 0 aliphatic heterocycles. The maximum atomic E-state index is 12.0. The van der Waals surface area contributed by atoms with Crippen LogP contribution in [0.4, 0.5) is 0 Å². The highest BCUT2D eigenvalue weighted by Gasteiger charge is 2.15. The van der Waals surface area contributed by atoms with E-state index in [0.717, 1.165) is 17.8 Å². The van der Waals surface area contributed by atoms with Crippen LogP contribution in [0.25, 0.3) is 11.2 Å². The predicted octanol–water partition coefficient (Wildman–Crippen LogP) is 2.88. The first-order valence-corrected chi connectivity index (χ1v) is 6.61. The van der Waals surface area contributed by atoms with Crippen molar-refractivity contribution in [2.45, 2.75) is 46.1 Å². The van der Waals surface area contributed by atoms with Gasteiger partial charge in [0, 0.05) is 12.0 Å². The lowest BCUT2D eigenvalue weighted by atomic mass is 10.2. The number of aromatic nitrogens is 4. The van der Waals surface area contributed by atoms with E-state index in [1.165, 1.54) is 0 Å². The van der Waals surface area contributed by atoms with E-state index in [-0.39, 0.29) is 17.6 Å². The number of hydrogen-bond acceptors (Lipinski definition) is 3. The van der Waals surface area contributed by atoms with E-state index < -0.39 is 0 Å². The number of nitrogens with zero attached hydrogens (tertiary/aromatic N) is 2. The molecular weight excluding hydrogens is 248 g/mol.